The molecular weight excluding hydrogens is 288 g/mol. The van der Waals surface area contributed by atoms with Crippen molar-refractivity contribution in [3.63, 3.8) is 0 Å². The number of hydrogen-bond donors (Lipinski definition) is 1. The molecule has 0 unspecified atom stereocenters. The number of amides is 2. The van der Waals surface area contributed by atoms with E-state index in [1.807, 2.05) is 6.92 Å². The Morgan fingerprint density at radius 2 is 1.71 bits per heavy atom. The predicted octanol–water partition coefficient (Wildman–Crippen LogP) is 3.44. The molecule has 1 saturated carbocycles. The third kappa shape index (κ3) is 2.42. The van der Waals surface area contributed by atoms with E-state index in [1.54, 1.807) is 12.1 Å². The lowest BCUT2D eigenvalue weighted by atomic mass is 9.76. The van der Waals surface area contributed by atoms with Crippen molar-refractivity contribution < 1.29 is 9.59 Å². The number of carbonyl (C=O) groups excluding carboxylic acids is 2. The second-order valence-corrected chi connectivity index (χ2v) is 6.75. The molecule has 1 aliphatic heterocycles. The summed E-state index contributed by atoms with van der Waals surface area (Å²) in [6.07, 6.45) is 5.13. The van der Waals surface area contributed by atoms with Crippen LogP contribution >= 0.6 is 11.6 Å². The molecule has 0 atom stereocenters. The lowest BCUT2D eigenvalue weighted by Gasteiger charge is -2.37. The molecule has 2 fully saturated rings. The molecule has 1 saturated heterocycles. The molecule has 4 nitrogen and oxygen atoms in total. The summed E-state index contributed by atoms with van der Waals surface area (Å²) in [5, 5.41) is 0.373. The maximum Gasteiger partial charge on any atom is 0.234 e. The van der Waals surface area contributed by atoms with Gasteiger partial charge in [0, 0.05) is 12.8 Å². The number of imide groups is 1. The Morgan fingerprint density at radius 1 is 1.14 bits per heavy atom. The molecule has 3 rings (SSSR count). The first-order valence-corrected chi connectivity index (χ1v) is 7.71. The molecule has 21 heavy (non-hydrogen) atoms. The molecule has 1 spiro atoms. The zero-order chi connectivity index (χ0) is 15.2. The summed E-state index contributed by atoms with van der Waals surface area (Å²) >= 11 is 6.05. The maximum absolute atomic E-state index is 12.5. The number of aryl methyl sites for hydroxylation is 1. The minimum atomic E-state index is -0.114. The average Bonchev–Trinajstić information content (AvgIpc) is 2.82. The smallest absolute Gasteiger partial charge is 0.234 e. The molecule has 2 N–H and O–H groups in total. The minimum Gasteiger partial charge on any atom is -0.398 e. The van der Waals surface area contributed by atoms with Crippen LogP contribution in [0, 0.1) is 12.3 Å². The highest BCUT2D eigenvalue weighted by molar-refractivity contribution is 6.33. The Kier molecular flexibility index (Phi) is 3.44. The van der Waals surface area contributed by atoms with E-state index in [4.69, 9.17) is 17.3 Å². The van der Waals surface area contributed by atoms with Gasteiger partial charge in [0.2, 0.25) is 11.8 Å². The number of benzene rings is 1. The Bertz CT molecular complexity index is 601. The van der Waals surface area contributed by atoms with Crippen LogP contribution in [0.15, 0.2) is 12.1 Å². The zero-order valence-corrected chi connectivity index (χ0v) is 12.9. The van der Waals surface area contributed by atoms with Gasteiger partial charge in [-0.05, 0) is 42.9 Å². The Balaban J connectivity index is 1.95. The van der Waals surface area contributed by atoms with E-state index < -0.39 is 0 Å². The summed E-state index contributed by atoms with van der Waals surface area (Å²) in [6.45, 7) is 1.84. The third-order valence-electron chi connectivity index (χ3n) is 4.77. The molecule has 0 bridgehead atoms. The molecule has 112 valence electrons. The average molecular weight is 307 g/mol. The molecule has 1 aromatic carbocycles. The van der Waals surface area contributed by atoms with Crippen LogP contribution in [0.4, 0.5) is 11.4 Å². The molecule has 1 aromatic rings. The minimum absolute atomic E-state index is 0.0871. The Hall–Kier alpha value is -1.55. The van der Waals surface area contributed by atoms with E-state index in [0.717, 1.165) is 31.2 Å². The maximum atomic E-state index is 12.5. The first-order valence-electron chi connectivity index (χ1n) is 7.33. The highest BCUT2D eigenvalue weighted by Gasteiger charge is 2.45. The fourth-order valence-electron chi connectivity index (χ4n) is 3.68. The van der Waals surface area contributed by atoms with Crippen molar-refractivity contribution in [1.29, 1.82) is 0 Å². The SMILES string of the molecule is Cc1cc(N)c(Cl)cc1N1C(=O)CC2(CCCC2)CC1=O. The molecule has 2 amide bonds. The lowest BCUT2D eigenvalue weighted by molar-refractivity contribution is -0.133. The zero-order valence-electron chi connectivity index (χ0n) is 12.1. The molecule has 1 heterocycles. The van der Waals surface area contributed by atoms with Gasteiger partial charge in [0.1, 0.15) is 0 Å². The summed E-state index contributed by atoms with van der Waals surface area (Å²) in [5.74, 6) is -0.228. The largest absolute Gasteiger partial charge is 0.398 e. The van der Waals surface area contributed by atoms with Gasteiger partial charge in [-0.3, -0.25) is 14.5 Å². The van der Waals surface area contributed by atoms with Crippen LogP contribution in [-0.2, 0) is 9.59 Å². The van der Waals surface area contributed by atoms with Gasteiger partial charge in [-0.25, -0.2) is 0 Å². The molecule has 1 aliphatic carbocycles. The highest BCUT2D eigenvalue weighted by atomic mass is 35.5. The quantitative estimate of drug-likeness (QED) is 0.638. The number of nitrogens with zero attached hydrogens (tertiary/aromatic N) is 1. The van der Waals surface area contributed by atoms with Gasteiger partial charge in [0.15, 0.2) is 0 Å². The number of halogens is 1. The number of nitrogens with two attached hydrogens (primary N) is 1. The first kappa shape index (κ1) is 14.4. The van der Waals surface area contributed by atoms with Crippen LogP contribution in [0.1, 0.15) is 44.1 Å². The molecular formula is C16H19ClN2O2. The van der Waals surface area contributed by atoms with Crippen molar-refractivity contribution in [3.05, 3.63) is 22.7 Å². The van der Waals surface area contributed by atoms with Crippen LogP contribution in [0.25, 0.3) is 0 Å². The third-order valence-corrected chi connectivity index (χ3v) is 5.10. The van der Waals surface area contributed by atoms with Crippen LogP contribution < -0.4 is 10.6 Å². The van der Waals surface area contributed by atoms with E-state index in [9.17, 15) is 9.59 Å². The summed E-state index contributed by atoms with van der Waals surface area (Å²) < 4.78 is 0. The van der Waals surface area contributed by atoms with Crippen molar-refractivity contribution in [2.24, 2.45) is 5.41 Å². The number of nitrogen functional groups attached to an aromatic ring is 1. The second-order valence-electron chi connectivity index (χ2n) is 6.34. The first-order chi connectivity index (χ1) is 9.92. The van der Waals surface area contributed by atoms with Gasteiger partial charge in [-0.2, -0.15) is 0 Å². The summed E-state index contributed by atoms with van der Waals surface area (Å²) in [5.41, 5.74) is 7.49. The van der Waals surface area contributed by atoms with Gasteiger partial charge in [-0.15, -0.1) is 0 Å². The van der Waals surface area contributed by atoms with E-state index in [1.165, 1.54) is 4.90 Å². The Labute approximate surface area is 129 Å². The van der Waals surface area contributed by atoms with Gasteiger partial charge in [-0.1, -0.05) is 24.4 Å². The number of hydrogen-bond acceptors (Lipinski definition) is 3. The normalized spacial score (nSPS) is 21.3. The fraction of sp³-hybridized carbons (Fsp3) is 0.500. The number of rotatable bonds is 1. The van der Waals surface area contributed by atoms with Gasteiger partial charge >= 0.3 is 0 Å². The van der Waals surface area contributed by atoms with Crippen LogP contribution in [0.3, 0.4) is 0 Å². The summed E-state index contributed by atoms with van der Waals surface area (Å²) in [4.78, 5) is 26.4. The summed E-state index contributed by atoms with van der Waals surface area (Å²) in [7, 11) is 0. The van der Waals surface area contributed by atoms with Gasteiger partial charge in [0.05, 0.1) is 16.4 Å². The number of anilines is 2. The molecule has 5 heteroatoms. The topological polar surface area (TPSA) is 63.4 Å². The fourth-order valence-corrected chi connectivity index (χ4v) is 3.84. The van der Waals surface area contributed by atoms with E-state index in [2.05, 4.69) is 0 Å². The van der Waals surface area contributed by atoms with E-state index in [0.29, 0.717) is 29.2 Å². The van der Waals surface area contributed by atoms with Crippen LogP contribution in [0.2, 0.25) is 5.02 Å². The van der Waals surface area contributed by atoms with Gasteiger partial charge in [0.25, 0.3) is 0 Å². The van der Waals surface area contributed by atoms with Crippen molar-refractivity contribution in [2.45, 2.75) is 45.4 Å². The van der Waals surface area contributed by atoms with Crippen LogP contribution in [0.5, 0.6) is 0 Å². The van der Waals surface area contributed by atoms with Crippen LogP contribution in [-0.4, -0.2) is 11.8 Å². The summed E-state index contributed by atoms with van der Waals surface area (Å²) in [6, 6.07) is 3.33. The van der Waals surface area contributed by atoms with Crippen molar-refractivity contribution in [3.8, 4) is 0 Å². The predicted molar refractivity (Wildman–Crippen MR) is 83.2 cm³/mol. The monoisotopic (exact) mass is 306 g/mol. The Morgan fingerprint density at radius 3 is 2.29 bits per heavy atom. The standard InChI is InChI=1S/C16H19ClN2O2/c1-10-6-12(18)11(17)7-13(10)19-14(20)8-16(9-15(19)21)4-2-3-5-16/h6-7H,2-5,8-9,18H2,1H3. The highest BCUT2D eigenvalue weighted by Crippen LogP contribution is 2.48. The van der Waals surface area contributed by atoms with E-state index in [-0.39, 0.29) is 17.2 Å². The van der Waals surface area contributed by atoms with Crippen molar-refractivity contribution in [1.82, 2.24) is 0 Å². The van der Waals surface area contributed by atoms with E-state index >= 15 is 0 Å². The number of piperidine rings is 1. The molecule has 0 aromatic heterocycles. The molecule has 2 aliphatic rings. The number of carbonyl (C=O) groups is 2. The van der Waals surface area contributed by atoms with Crippen molar-refractivity contribution >= 4 is 34.8 Å². The lowest BCUT2D eigenvalue weighted by Crippen LogP contribution is -2.47. The van der Waals surface area contributed by atoms with Crippen molar-refractivity contribution in [2.75, 3.05) is 10.6 Å². The second kappa shape index (κ2) is 5.02. The van der Waals surface area contributed by atoms with Gasteiger partial charge < -0.3 is 5.73 Å². The molecule has 0 radical (unpaired) electrons.